The second-order valence-electron chi connectivity index (χ2n) is 3.55. The van der Waals surface area contributed by atoms with Crippen LogP contribution in [0.3, 0.4) is 0 Å². The van der Waals surface area contributed by atoms with Crippen LogP contribution in [0.25, 0.3) is 0 Å². The Morgan fingerprint density at radius 2 is 1.71 bits per heavy atom. The maximum atomic E-state index is 4.39. The summed E-state index contributed by atoms with van der Waals surface area (Å²) in [6.45, 7) is 16.7. The van der Waals surface area contributed by atoms with Crippen LogP contribution in [0.1, 0.15) is 39.1 Å². The minimum atomic E-state index is 0. The van der Waals surface area contributed by atoms with Crippen LogP contribution in [0.15, 0.2) is 0 Å². The first-order chi connectivity index (χ1) is 7.67. The molecule has 0 N–H and O–H groups in total. The zero-order chi connectivity index (χ0) is 12.6. The SMILES string of the molecule is CC.CCN(CC)CCn1nc(C)[c-]c1C.[K+]. The summed E-state index contributed by atoms with van der Waals surface area (Å²) in [5, 5.41) is 4.39. The maximum Gasteiger partial charge on any atom is 1.00 e. The first kappa shape index (κ1) is 20.1. The number of rotatable bonds is 5. The van der Waals surface area contributed by atoms with Gasteiger partial charge in [0.05, 0.1) is 6.54 Å². The standard InChI is InChI=1S/C11H20N3.C2H6.K/c1-5-13(6-2)7-8-14-11(4)9-10(3)12-14;1-2;/h5-8H2,1-4H3;1-2H3;/q-1;;+1. The molecule has 94 valence electrons. The van der Waals surface area contributed by atoms with E-state index in [9.17, 15) is 0 Å². The van der Waals surface area contributed by atoms with Crippen molar-refractivity contribution in [3.8, 4) is 0 Å². The van der Waals surface area contributed by atoms with Crippen LogP contribution >= 0.6 is 0 Å². The molecule has 0 saturated heterocycles. The smallest absolute Gasteiger partial charge is 0.426 e. The quantitative estimate of drug-likeness (QED) is 0.536. The van der Waals surface area contributed by atoms with Gasteiger partial charge in [-0.15, -0.1) is 11.4 Å². The molecule has 0 aliphatic heterocycles. The van der Waals surface area contributed by atoms with Gasteiger partial charge in [-0.2, -0.15) is 0 Å². The van der Waals surface area contributed by atoms with Gasteiger partial charge < -0.3 is 15.6 Å². The van der Waals surface area contributed by atoms with Gasteiger partial charge in [-0.25, -0.2) is 5.10 Å². The molecule has 0 fully saturated rings. The number of nitrogens with zero attached hydrogens (tertiary/aromatic N) is 3. The molecule has 1 rings (SSSR count). The van der Waals surface area contributed by atoms with Gasteiger partial charge in [0.15, 0.2) is 0 Å². The van der Waals surface area contributed by atoms with E-state index in [1.165, 1.54) is 0 Å². The third-order valence-corrected chi connectivity index (χ3v) is 2.54. The van der Waals surface area contributed by atoms with Crippen LogP contribution in [0.5, 0.6) is 0 Å². The van der Waals surface area contributed by atoms with Crippen molar-refractivity contribution in [1.29, 1.82) is 0 Å². The third kappa shape index (κ3) is 7.75. The molecule has 0 bridgehead atoms. The fourth-order valence-electron chi connectivity index (χ4n) is 1.60. The molecule has 0 radical (unpaired) electrons. The zero-order valence-corrected chi connectivity index (χ0v) is 15.8. The van der Waals surface area contributed by atoms with E-state index in [1.807, 2.05) is 25.5 Å². The second kappa shape index (κ2) is 11.9. The van der Waals surface area contributed by atoms with E-state index in [0.717, 1.165) is 37.6 Å². The average molecular weight is 263 g/mol. The van der Waals surface area contributed by atoms with Gasteiger partial charge in [0.2, 0.25) is 0 Å². The fraction of sp³-hybridized carbons (Fsp3) is 0.769. The van der Waals surface area contributed by atoms with Crippen LogP contribution in [-0.4, -0.2) is 34.3 Å². The molecule has 0 saturated carbocycles. The Labute approximate surface area is 149 Å². The van der Waals surface area contributed by atoms with E-state index in [-0.39, 0.29) is 51.4 Å². The largest absolute Gasteiger partial charge is 1.00 e. The molecule has 3 nitrogen and oxygen atoms in total. The van der Waals surface area contributed by atoms with Crippen molar-refractivity contribution in [2.45, 2.75) is 48.1 Å². The van der Waals surface area contributed by atoms with Crippen molar-refractivity contribution in [3.05, 3.63) is 17.5 Å². The molecule has 17 heavy (non-hydrogen) atoms. The van der Waals surface area contributed by atoms with Gasteiger partial charge in [-0.05, 0) is 13.1 Å². The molecule has 1 aromatic heterocycles. The summed E-state index contributed by atoms with van der Waals surface area (Å²) in [7, 11) is 0. The molecule has 1 heterocycles. The summed E-state index contributed by atoms with van der Waals surface area (Å²) in [5.74, 6) is 0. The first-order valence-electron chi connectivity index (χ1n) is 6.33. The van der Waals surface area contributed by atoms with Crippen molar-refractivity contribution >= 4 is 0 Å². The van der Waals surface area contributed by atoms with Crippen molar-refractivity contribution in [2.24, 2.45) is 0 Å². The van der Waals surface area contributed by atoms with E-state index in [1.54, 1.807) is 0 Å². The molecule has 0 unspecified atom stereocenters. The summed E-state index contributed by atoms with van der Waals surface area (Å²) in [4.78, 5) is 2.40. The summed E-state index contributed by atoms with van der Waals surface area (Å²) in [6, 6.07) is 3.20. The van der Waals surface area contributed by atoms with Crippen LogP contribution < -0.4 is 51.4 Å². The van der Waals surface area contributed by atoms with Crippen molar-refractivity contribution in [2.75, 3.05) is 19.6 Å². The molecule has 0 spiro atoms. The van der Waals surface area contributed by atoms with Crippen molar-refractivity contribution in [3.63, 3.8) is 0 Å². The Kier molecular flexibility index (Phi) is 14.1. The van der Waals surface area contributed by atoms with Gasteiger partial charge in [0, 0.05) is 6.54 Å². The van der Waals surface area contributed by atoms with E-state index >= 15 is 0 Å². The first-order valence-corrected chi connectivity index (χ1v) is 6.33. The Balaban J connectivity index is 0. The number of likely N-dealkylation sites (N-methyl/N-ethyl adjacent to an activating group) is 1. The predicted molar refractivity (Wildman–Crippen MR) is 69.7 cm³/mol. The molecular formula is C13H26KN3. The Morgan fingerprint density at radius 3 is 2.06 bits per heavy atom. The molecule has 0 aliphatic carbocycles. The number of aryl methyl sites for hydroxylation is 2. The molecule has 0 amide bonds. The van der Waals surface area contributed by atoms with Gasteiger partial charge >= 0.3 is 51.4 Å². The minimum absolute atomic E-state index is 0. The van der Waals surface area contributed by atoms with Crippen LogP contribution in [0.4, 0.5) is 0 Å². The maximum absolute atomic E-state index is 4.39. The normalized spacial score (nSPS) is 9.59. The van der Waals surface area contributed by atoms with Crippen LogP contribution in [0, 0.1) is 19.9 Å². The van der Waals surface area contributed by atoms with Crippen molar-refractivity contribution in [1.82, 2.24) is 14.7 Å². The Hall–Kier alpha value is 0.806. The van der Waals surface area contributed by atoms with Gasteiger partial charge in [-0.1, -0.05) is 41.5 Å². The number of aromatic nitrogens is 2. The topological polar surface area (TPSA) is 21.1 Å². The summed E-state index contributed by atoms with van der Waals surface area (Å²) >= 11 is 0. The second-order valence-corrected chi connectivity index (χ2v) is 3.55. The van der Waals surface area contributed by atoms with E-state index in [0.29, 0.717) is 0 Å². The van der Waals surface area contributed by atoms with Crippen molar-refractivity contribution < 1.29 is 51.4 Å². The van der Waals surface area contributed by atoms with Gasteiger partial charge in [0.1, 0.15) is 0 Å². The molecular weight excluding hydrogens is 237 g/mol. The Bertz CT molecular complexity index is 280. The number of hydrogen-bond donors (Lipinski definition) is 0. The van der Waals surface area contributed by atoms with Crippen LogP contribution in [-0.2, 0) is 6.54 Å². The predicted octanol–water partition coefficient (Wildman–Crippen LogP) is -0.328. The third-order valence-electron chi connectivity index (χ3n) is 2.54. The summed E-state index contributed by atoms with van der Waals surface area (Å²) < 4.78 is 2.04. The van der Waals surface area contributed by atoms with Gasteiger partial charge in [-0.3, -0.25) is 0 Å². The average Bonchev–Trinajstić information content (AvgIpc) is 2.62. The molecule has 4 heteroatoms. The number of hydrogen-bond acceptors (Lipinski definition) is 2. The molecule has 1 aromatic rings. The van der Waals surface area contributed by atoms with E-state index in [4.69, 9.17) is 0 Å². The van der Waals surface area contributed by atoms with Crippen LogP contribution in [0.2, 0.25) is 0 Å². The van der Waals surface area contributed by atoms with Gasteiger partial charge in [0.25, 0.3) is 0 Å². The van der Waals surface area contributed by atoms with E-state index < -0.39 is 0 Å². The molecule has 0 aliphatic rings. The fourth-order valence-corrected chi connectivity index (χ4v) is 1.60. The Morgan fingerprint density at radius 1 is 1.18 bits per heavy atom. The van der Waals surface area contributed by atoms with E-state index in [2.05, 4.69) is 36.8 Å². The molecule has 0 aromatic carbocycles. The summed E-state index contributed by atoms with van der Waals surface area (Å²) in [6.07, 6.45) is 0. The zero-order valence-electron chi connectivity index (χ0n) is 12.7. The summed E-state index contributed by atoms with van der Waals surface area (Å²) in [5.41, 5.74) is 2.12. The monoisotopic (exact) mass is 263 g/mol. The molecule has 0 atom stereocenters. The minimum Gasteiger partial charge on any atom is -0.426 e.